The van der Waals surface area contributed by atoms with Crippen molar-refractivity contribution in [3.8, 4) is 0 Å². The second kappa shape index (κ2) is 5.20. The first-order valence-corrected chi connectivity index (χ1v) is 9.15. The van der Waals surface area contributed by atoms with Gasteiger partial charge in [0.15, 0.2) is 5.60 Å². The molecule has 0 radical (unpaired) electrons. The highest BCUT2D eigenvalue weighted by Crippen LogP contribution is 2.65. The van der Waals surface area contributed by atoms with Crippen LogP contribution in [0.5, 0.6) is 0 Å². The molecule has 6 atom stereocenters. The van der Waals surface area contributed by atoms with E-state index in [0.717, 1.165) is 38.5 Å². The lowest BCUT2D eigenvalue weighted by atomic mass is 9.44. The molecule has 3 aliphatic rings. The molecule has 3 fully saturated rings. The van der Waals surface area contributed by atoms with Gasteiger partial charge in [0, 0.05) is 0 Å². The molecular weight excluding hydrogens is 308 g/mol. The topological polar surface area (TPSA) is 83.8 Å². The van der Waals surface area contributed by atoms with Gasteiger partial charge in [0.25, 0.3) is 0 Å². The molecule has 0 bridgehead atoms. The van der Waals surface area contributed by atoms with E-state index in [9.17, 15) is 19.8 Å². The molecule has 2 saturated carbocycles. The van der Waals surface area contributed by atoms with Crippen LogP contribution in [0, 0.1) is 22.7 Å². The van der Waals surface area contributed by atoms with Gasteiger partial charge in [-0.25, -0.2) is 4.79 Å². The summed E-state index contributed by atoms with van der Waals surface area (Å²) in [6.45, 7) is 7.86. The summed E-state index contributed by atoms with van der Waals surface area (Å²) in [4.78, 5) is 23.6. The molecule has 1 saturated heterocycles. The maximum absolute atomic E-state index is 12.0. The standard InChI is InChI=1S/C19H30O5/c1-16-8-5-9-17(2,14(20)21)12(16)6-10-18(3)13(16)7-11-19(4,24-18)15(22)23/h12-13H,5-11H2,1-4H3,(H,20,21)(H,22,23)/t12?,13?,16-,17?,18+,19-/m0/s1. The summed E-state index contributed by atoms with van der Waals surface area (Å²) in [5.41, 5.74) is -2.38. The number of fused-ring (bicyclic) bond motifs is 3. The summed E-state index contributed by atoms with van der Waals surface area (Å²) in [6.07, 6.45) is 5.48. The highest BCUT2D eigenvalue weighted by atomic mass is 16.5. The van der Waals surface area contributed by atoms with E-state index < -0.39 is 28.6 Å². The van der Waals surface area contributed by atoms with Crippen molar-refractivity contribution in [2.75, 3.05) is 0 Å². The van der Waals surface area contributed by atoms with Crippen molar-refractivity contribution in [3.05, 3.63) is 0 Å². The molecule has 136 valence electrons. The number of hydrogen-bond acceptors (Lipinski definition) is 3. The zero-order valence-electron chi connectivity index (χ0n) is 15.2. The Morgan fingerprint density at radius 1 is 0.875 bits per heavy atom. The van der Waals surface area contributed by atoms with Gasteiger partial charge >= 0.3 is 11.9 Å². The predicted octanol–water partition coefficient (Wildman–Crippen LogP) is 3.71. The van der Waals surface area contributed by atoms with Crippen LogP contribution in [-0.4, -0.2) is 33.4 Å². The number of ether oxygens (including phenoxy) is 1. The van der Waals surface area contributed by atoms with E-state index in [1.54, 1.807) is 6.92 Å². The Bertz CT molecular complexity index is 574. The number of carboxylic acid groups (broad SMARTS) is 2. The third-order valence-corrected chi connectivity index (χ3v) is 7.75. The SMILES string of the molecule is CC1(C(=O)O)CCC[C@@]2(C)C1CC[C@@]1(C)O[C@](C)(C(=O)O)CCC21. The smallest absolute Gasteiger partial charge is 0.335 e. The molecule has 1 aliphatic heterocycles. The molecular formula is C19H30O5. The Hall–Kier alpha value is -1.10. The summed E-state index contributed by atoms with van der Waals surface area (Å²) in [5.74, 6) is -1.23. The quantitative estimate of drug-likeness (QED) is 0.802. The minimum atomic E-state index is -1.13. The molecule has 0 aromatic rings. The summed E-state index contributed by atoms with van der Waals surface area (Å²) in [6, 6.07) is 0. The van der Waals surface area contributed by atoms with Gasteiger partial charge in [0.2, 0.25) is 0 Å². The average molecular weight is 338 g/mol. The van der Waals surface area contributed by atoms with E-state index in [2.05, 4.69) is 6.92 Å². The average Bonchev–Trinajstić information content (AvgIpc) is 2.45. The largest absolute Gasteiger partial charge is 0.481 e. The molecule has 5 nitrogen and oxygen atoms in total. The van der Waals surface area contributed by atoms with Gasteiger partial charge < -0.3 is 14.9 Å². The van der Waals surface area contributed by atoms with E-state index >= 15 is 0 Å². The minimum Gasteiger partial charge on any atom is -0.481 e. The first kappa shape index (κ1) is 17.7. The second-order valence-corrected chi connectivity index (χ2v) is 9.22. The molecule has 2 N–H and O–H groups in total. The predicted molar refractivity (Wildman–Crippen MR) is 88.7 cm³/mol. The fourth-order valence-electron chi connectivity index (χ4n) is 6.43. The maximum Gasteiger partial charge on any atom is 0.335 e. The van der Waals surface area contributed by atoms with E-state index in [0.29, 0.717) is 6.42 Å². The Morgan fingerprint density at radius 3 is 2.08 bits per heavy atom. The van der Waals surface area contributed by atoms with Crippen molar-refractivity contribution in [2.24, 2.45) is 22.7 Å². The van der Waals surface area contributed by atoms with Crippen molar-refractivity contribution in [1.29, 1.82) is 0 Å². The Labute approximate surface area is 143 Å². The molecule has 5 heteroatoms. The van der Waals surface area contributed by atoms with Crippen LogP contribution >= 0.6 is 0 Å². The molecule has 2 aliphatic carbocycles. The third-order valence-electron chi connectivity index (χ3n) is 7.75. The number of hydrogen-bond donors (Lipinski definition) is 2. The minimum absolute atomic E-state index is 0.0990. The normalized spacial score (nSPS) is 51.3. The van der Waals surface area contributed by atoms with Gasteiger partial charge in [-0.05, 0) is 76.5 Å². The molecule has 1 heterocycles. The lowest BCUT2D eigenvalue weighted by molar-refractivity contribution is -0.266. The van der Waals surface area contributed by atoms with Crippen LogP contribution in [0.2, 0.25) is 0 Å². The lowest BCUT2D eigenvalue weighted by Crippen LogP contribution is -2.65. The Kier molecular flexibility index (Phi) is 3.84. The molecule has 3 rings (SSSR count). The fourth-order valence-corrected chi connectivity index (χ4v) is 6.43. The second-order valence-electron chi connectivity index (χ2n) is 9.22. The van der Waals surface area contributed by atoms with Crippen molar-refractivity contribution in [3.63, 3.8) is 0 Å². The van der Waals surface area contributed by atoms with Crippen molar-refractivity contribution in [2.45, 2.75) is 83.8 Å². The van der Waals surface area contributed by atoms with E-state index in [1.165, 1.54) is 0 Å². The molecule has 0 aromatic heterocycles. The van der Waals surface area contributed by atoms with Crippen LogP contribution in [-0.2, 0) is 14.3 Å². The van der Waals surface area contributed by atoms with Gasteiger partial charge in [-0.15, -0.1) is 0 Å². The van der Waals surface area contributed by atoms with Crippen LogP contribution in [0.25, 0.3) is 0 Å². The van der Waals surface area contributed by atoms with Crippen LogP contribution in [0.3, 0.4) is 0 Å². The molecule has 24 heavy (non-hydrogen) atoms. The number of aliphatic carboxylic acids is 2. The van der Waals surface area contributed by atoms with Crippen molar-refractivity contribution >= 4 is 11.9 Å². The third kappa shape index (κ3) is 2.23. The Morgan fingerprint density at radius 2 is 1.50 bits per heavy atom. The first-order valence-electron chi connectivity index (χ1n) is 9.15. The Balaban J connectivity index is 1.97. The van der Waals surface area contributed by atoms with E-state index in [1.807, 2.05) is 13.8 Å². The summed E-state index contributed by atoms with van der Waals surface area (Å²) in [7, 11) is 0. The molecule has 0 aromatic carbocycles. The molecule has 0 amide bonds. The monoisotopic (exact) mass is 338 g/mol. The van der Waals surface area contributed by atoms with Gasteiger partial charge in [-0.2, -0.15) is 0 Å². The number of carbonyl (C=O) groups is 2. The van der Waals surface area contributed by atoms with Gasteiger partial charge in [-0.1, -0.05) is 13.3 Å². The van der Waals surface area contributed by atoms with Gasteiger partial charge in [0.05, 0.1) is 11.0 Å². The highest BCUT2D eigenvalue weighted by molar-refractivity contribution is 5.77. The summed E-state index contributed by atoms with van der Waals surface area (Å²) in [5, 5.41) is 19.4. The fraction of sp³-hybridized carbons (Fsp3) is 0.895. The van der Waals surface area contributed by atoms with Crippen LogP contribution < -0.4 is 0 Å². The highest BCUT2D eigenvalue weighted by Gasteiger charge is 2.64. The summed E-state index contributed by atoms with van der Waals surface area (Å²) < 4.78 is 6.22. The zero-order valence-corrected chi connectivity index (χ0v) is 15.2. The van der Waals surface area contributed by atoms with Crippen molar-refractivity contribution in [1.82, 2.24) is 0 Å². The first-order chi connectivity index (χ1) is 11.0. The van der Waals surface area contributed by atoms with Crippen LogP contribution in [0.15, 0.2) is 0 Å². The maximum atomic E-state index is 12.0. The number of carboxylic acids is 2. The van der Waals surface area contributed by atoms with Gasteiger partial charge in [-0.3, -0.25) is 4.79 Å². The van der Waals surface area contributed by atoms with Crippen LogP contribution in [0.4, 0.5) is 0 Å². The van der Waals surface area contributed by atoms with E-state index in [-0.39, 0.29) is 17.3 Å². The molecule has 0 spiro atoms. The van der Waals surface area contributed by atoms with E-state index in [4.69, 9.17) is 4.74 Å². The van der Waals surface area contributed by atoms with Gasteiger partial charge in [0.1, 0.15) is 0 Å². The number of rotatable bonds is 2. The van der Waals surface area contributed by atoms with Crippen LogP contribution in [0.1, 0.15) is 72.6 Å². The summed E-state index contributed by atoms with van der Waals surface area (Å²) >= 11 is 0. The molecule has 3 unspecified atom stereocenters. The van der Waals surface area contributed by atoms with Crippen molar-refractivity contribution < 1.29 is 24.5 Å². The lowest BCUT2D eigenvalue weighted by Gasteiger charge is -2.64. The zero-order chi connectivity index (χ0) is 18.0.